The number of thiocarbonyl (C=S) groups is 1. The van der Waals surface area contributed by atoms with Gasteiger partial charge in [-0.2, -0.15) is 13.2 Å². The van der Waals surface area contributed by atoms with Crippen molar-refractivity contribution in [3.05, 3.63) is 29.8 Å². The summed E-state index contributed by atoms with van der Waals surface area (Å²) >= 11 is 4.83. The van der Waals surface area contributed by atoms with Crippen molar-refractivity contribution in [2.24, 2.45) is 5.73 Å². The van der Waals surface area contributed by atoms with Crippen LogP contribution in [0.2, 0.25) is 0 Å². The van der Waals surface area contributed by atoms with E-state index in [0.29, 0.717) is 17.7 Å². The van der Waals surface area contributed by atoms with E-state index in [1.165, 1.54) is 0 Å². The van der Waals surface area contributed by atoms with Crippen molar-refractivity contribution < 1.29 is 22.6 Å². The Morgan fingerprint density at radius 3 is 2.65 bits per heavy atom. The maximum absolute atomic E-state index is 12.2. The third kappa shape index (κ3) is 5.75. The Labute approximate surface area is 120 Å². The van der Waals surface area contributed by atoms with Crippen LogP contribution in [0, 0.1) is 0 Å². The fraction of sp³-hybridized carbons (Fsp3) is 0.462. The Morgan fingerprint density at radius 1 is 1.35 bits per heavy atom. The number of rotatable bonds is 7. The molecule has 1 aromatic carbocycles. The van der Waals surface area contributed by atoms with E-state index in [0.717, 1.165) is 6.92 Å². The predicted molar refractivity (Wildman–Crippen MR) is 73.9 cm³/mol. The Bertz CT molecular complexity index is 451. The van der Waals surface area contributed by atoms with Crippen molar-refractivity contribution in [3.8, 4) is 5.75 Å². The van der Waals surface area contributed by atoms with E-state index in [4.69, 9.17) is 22.7 Å². The fourth-order valence-electron chi connectivity index (χ4n) is 1.34. The first-order chi connectivity index (χ1) is 9.30. The van der Waals surface area contributed by atoms with Gasteiger partial charge in [-0.1, -0.05) is 24.4 Å². The number of nitrogens with two attached hydrogens (primary N) is 1. The van der Waals surface area contributed by atoms with Gasteiger partial charge in [0.25, 0.3) is 0 Å². The van der Waals surface area contributed by atoms with Gasteiger partial charge in [-0.05, 0) is 19.1 Å². The second kappa shape index (κ2) is 7.44. The number of benzene rings is 1. The normalized spacial score (nSPS) is 13.0. The maximum Gasteiger partial charge on any atom is 0.414 e. The number of ether oxygens (including phenoxy) is 2. The second-order valence-corrected chi connectivity index (χ2v) is 4.59. The standard InChI is InChI=1S/C13H16F3NO2S/c1-9(13(14,15)16)18-6-3-7-19-11-5-2-4-10(8-11)12(17)20/h2,4-5,8-9H,3,6-7H2,1H3,(H2,17,20). The molecule has 1 rings (SSSR count). The van der Waals surface area contributed by atoms with Gasteiger partial charge in [0.2, 0.25) is 0 Å². The minimum absolute atomic E-state index is 0.0182. The highest BCUT2D eigenvalue weighted by atomic mass is 32.1. The van der Waals surface area contributed by atoms with Crippen molar-refractivity contribution >= 4 is 17.2 Å². The molecule has 0 fully saturated rings. The summed E-state index contributed by atoms with van der Waals surface area (Å²) in [4.78, 5) is 0.262. The second-order valence-electron chi connectivity index (χ2n) is 4.15. The van der Waals surface area contributed by atoms with Crippen LogP contribution in [0.1, 0.15) is 18.9 Å². The fourth-order valence-corrected chi connectivity index (χ4v) is 1.47. The average molecular weight is 307 g/mol. The van der Waals surface area contributed by atoms with E-state index in [2.05, 4.69) is 4.74 Å². The lowest BCUT2D eigenvalue weighted by atomic mass is 10.2. The first kappa shape index (κ1) is 16.7. The molecular formula is C13H16F3NO2S. The minimum Gasteiger partial charge on any atom is -0.493 e. The number of alkyl halides is 3. The molecule has 0 aliphatic rings. The summed E-state index contributed by atoms with van der Waals surface area (Å²) in [6, 6.07) is 6.90. The predicted octanol–water partition coefficient (Wildman–Crippen LogP) is 3.06. The van der Waals surface area contributed by atoms with Crippen LogP contribution < -0.4 is 10.5 Å². The number of hydrogen-bond donors (Lipinski definition) is 1. The topological polar surface area (TPSA) is 44.5 Å². The molecule has 0 radical (unpaired) electrons. The van der Waals surface area contributed by atoms with Gasteiger partial charge in [0, 0.05) is 12.0 Å². The Balaban J connectivity index is 2.28. The molecule has 0 saturated heterocycles. The van der Waals surface area contributed by atoms with Crippen LogP contribution in [-0.4, -0.2) is 30.5 Å². The van der Waals surface area contributed by atoms with E-state index in [-0.39, 0.29) is 18.2 Å². The van der Waals surface area contributed by atoms with Crippen LogP contribution in [-0.2, 0) is 4.74 Å². The molecule has 3 nitrogen and oxygen atoms in total. The molecule has 0 aliphatic carbocycles. The third-order valence-corrected chi connectivity index (χ3v) is 2.74. The van der Waals surface area contributed by atoms with Gasteiger partial charge in [-0.25, -0.2) is 0 Å². The summed E-state index contributed by atoms with van der Waals surface area (Å²) in [5.74, 6) is 0.569. The number of hydrogen-bond acceptors (Lipinski definition) is 3. The molecule has 0 amide bonds. The highest BCUT2D eigenvalue weighted by Crippen LogP contribution is 2.22. The average Bonchev–Trinajstić information content (AvgIpc) is 2.37. The quantitative estimate of drug-likeness (QED) is 0.621. The first-order valence-electron chi connectivity index (χ1n) is 6.01. The van der Waals surface area contributed by atoms with Crippen LogP contribution in [0.3, 0.4) is 0 Å². The molecule has 0 aromatic heterocycles. The van der Waals surface area contributed by atoms with E-state index < -0.39 is 12.3 Å². The van der Waals surface area contributed by atoms with E-state index >= 15 is 0 Å². The lowest BCUT2D eigenvalue weighted by molar-refractivity contribution is -0.214. The SMILES string of the molecule is CC(OCCCOc1cccc(C(N)=S)c1)C(F)(F)F. The van der Waals surface area contributed by atoms with Gasteiger partial charge < -0.3 is 15.2 Å². The van der Waals surface area contributed by atoms with E-state index in [1.54, 1.807) is 24.3 Å². The molecule has 1 unspecified atom stereocenters. The lowest BCUT2D eigenvalue weighted by Crippen LogP contribution is -2.29. The molecule has 0 heterocycles. The van der Waals surface area contributed by atoms with Crippen molar-refractivity contribution in [1.29, 1.82) is 0 Å². The summed E-state index contributed by atoms with van der Waals surface area (Å²) in [6.07, 6.45) is -5.73. The Kier molecular flexibility index (Phi) is 6.22. The van der Waals surface area contributed by atoms with Crippen LogP contribution in [0.4, 0.5) is 13.2 Å². The Hall–Kier alpha value is -1.34. The zero-order valence-electron chi connectivity index (χ0n) is 10.9. The summed E-state index contributed by atoms with van der Waals surface area (Å²) in [5, 5.41) is 0. The maximum atomic E-state index is 12.2. The zero-order valence-corrected chi connectivity index (χ0v) is 11.8. The van der Waals surface area contributed by atoms with Gasteiger partial charge in [0.05, 0.1) is 13.2 Å². The smallest absolute Gasteiger partial charge is 0.414 e. The molecule has 0 aliphatic heterocycles. The molecule has 0 saturated carbocycles. The molecule has 0 bridgehead atoms. The summed E-state index contributed by atoms with van der Waals surface area (Å²) in [5.41, 5.74) is 6.16. The van der Waals surface area contributed by atoms with Gasteiger partial charge in [-0.15, -0.1) is 0 Å². The molecular weight excluding hydrogens is 291 g/mol. The monoisotopic (exact) mass is 307 g/mol. The zero-order chi connectivity index (χ0) is 15.2. The highest BCUT2D eigenvalue weighted by Gasteiger charge is 2.36. The van der Waals surface area contributed by atoms with E-state index in [9.17, 15) is 13.2 Å². The van der Waals surface area contributed by atoms with Crippen molar-refractivity contribution in [2.45, 2.75) is 25.6 Å². The molecule has 0 spiro atoms. The van der Waals surface area contributed by atoms with Gasteiger partial charge in [0.15, 0.2) is 6.10 Å². The number of halogens is 3. The molecule has 2 N–H and O–H groups in total. The van der Waals surface area contributed by atoms with Gasteiger partial charge >= 0.3 is 6.18 Å². The molecule has 1 aromatic rings. The van der Waals surface area contributed by atoms with Gasteiger partial charge in [0.1, 0.15) is 10.7 Å². The lowest BCUT2D eigenvalue weighted by Gasteiger charge is -2.16. The van der Waals surface area contributed by atoms with Crippen molar-refractivity contribution in [3.63, 3.8) is 0 Å². The van der Waals surface area contributed by atoms with Crippen LogP contribution >= 0.6 is 12.2 Å². The largest absolute Gasteiger partial charge is 0.493 e. The Morgan fingerprint density at radius 2 is 2.05 bits per heavy atom. The van der Waals surface area contributed by atoms with E-state index in [1.807, 2.05) is 0 Å². The van der Waals surface area contributed by atoms with Crippen LogP contribution in [0.5, 0.6) is 5.75 Å². The van der Waals surface area contributed by atoms with Crippen molar-refractivity contribution in [1.82, 2.24) is 0 Å². The first-order valence-corrected chi connectivity index (χ1v) is 6.42. The summed E-state index contributed by atoms with van der Waals surface area (Å²) < 4.78 is 46.5. The molecule has 7 heteroatoms. The third-order valence-electron chi connectivity index (χ3n) is 2.50. The summed E-state index contributed by atoms with van der Waals surface area (Å²) in [6.45, 7) is 1.22. The van der Waals surface area contributed by atoms with Crippen LogP contribution in [0.15, 0.2) is 24.3 Å². The molecule has 1 atom stereocenters. The summed E-state index contributed by atoms with van der Waals surface area (Å²) in [7, 11) is 0. The molecule has 112 valence electrons. The highest BCUT2D eigenvalue weighted by molar-refractivity contribution is 7.80. The van der Waals surface area contributed by atoms with Crippen molar-refractivity contribution in [2.75, 3.05) is 13.2 Å². The minimum atomic E-state index is -4.33. The van der Waals surface area contributed by atoms with Crippen LogP contribution in [0.25, 0.3) is 0 Å². The molecule has 20 heavy (non-hydrogen) atoms. The van der Waals surface area contributed by atoms with Gasteiger partial charge in [-0.3, -0.25) is 0 Å².